The average Bonchev–Trinajstić information content (AvgIpc) is 2.93. The molecule has 1 aromatic rings. The SMILES string of the molecule is Cc1cc(N)c(S(=O)(=O)N(C)CCN2CCCC2)cc1C. The molecule has 1 aliphatic heterocycles. The lowest BCUT2D eigenvalue weighted by Crippen LogP contribution is -2.35. The highest BCUT2D eigenvalue weighted by Crippen LogP contribution is 2.25. The normalized spacial score (nSPS) is 16.8. The third kappa shape index (κ3) is 3.56. The Morgan fingerprint density at radius 1 is 1.19 bits per heavy atom. The highest BCUT2D eigenvalue weighted by Gasteiger charge is 2.24. The fraction of sp³-hybridized carbons (Fsp3) is 0.600. The first kappa shape index (κ1) is 16.3. The molecule has 1 fully saturated rings. The van der Waals surface area contributed by atoms with E-state index in [2.05, 4.69) is 4.90 Å². The molecule has 1 saturated heterocycles. The molecule has 0 amide bonds. The molecule has 118 valence electrons. The molecular weight excluding hydrogens is 286 g/mol. The lowest BCUT2D eigenvalue weighted by atomic mass is 10.1. The molecule has 5 nitrogen and oxygen atoms in total. The molecule has 0 radical (unpaired) electrons. The van der Waals surface area contributed by atoms with Crippen molar-refractivity contribution in [2.24, 2.45) is 0 Å². The number of nitrogens with two attached hydrogens (primary N) is 1. The molecule has 0 atom stereocenters. The maximum atomic E-state index is 12.6. The number of rotatable bonds is 5. The smallest absolute Gasteiger partial charge is 0.244 e. The Kier molecular flexibility index (Phi) is 4.91. The summed E-state index contributed by atoms with van der Waals surface area (Å²) in [6.07, 6.45) is 2.42. The molecule has 2 N–H and O–H groups in total. The third-order valence-electron chi connectivity index (χ3n) is 4.24. The number of anilines is 1. The molecule has 0 spiro atoms. The Morgan fingerprint density at radius 3 is 2.38 bits per heavy atom. The second-order valence-electron chi connectivity index (χ2n) is 5.85. The highest BCUT2D eigenvalue weighted by molar-refractivity contribution is 7.89. The third-order valence-corrected chi connectivity index (χ3v) is 6.16. The predicted octanol–water partition coefficient (Wildman–Crippen LogP) is 1.60. The number of nitrogens with zero attached hydrogens (tertiary/aromatic N) is 2. The minimum atomic E-state index is -3.52. The molecule has 1 aliphatic rings. The van der Waals surface area contributed by atoms with E-state index >= 15 is 0 Å². The van der Waals surface area contributed by atoms with Crippen molar-refractivity contribution >= 4 is 15.7 Å². The van der Waals surface area contributed by atoms with Gasteiger partial charge in [0.05, 0.1) is 5.69 Å². The molecular formula is C15H25N3O2S. The predicted molar refractivity (Wildman–Crippen MR) is 85.8 cm³/mol. The van der Waals surface area contributed by atoms with Crippen molar-refractivity contribution in [2.45, 2.75) is 31.6 Å². The van der Waals surface area contributed by atoms with Gasteiger partial charge in [0.1, 0.15) is 4.90 Å². The van der Waals surface area contributed by atoms with E-state index in [1.54, 1.807) is 19.2 Å². The second-order valence-corrected chi connectivity index (χ2v) is 7.86. The van der Waals surface area contributed by atoms with Gasteiger partial charge in [-0.15, -0.1) is 0 Å². The van der Waals surface area contributed by atoms with Gasteiger partial charge in [0.15, 0.2) is 0 Å². The monoisotopic (exact) mass is 311 g/mol. The minimum Gasteiger partial charge on any atom is -0.398 e. The molecule has 0 bridgehead atoms. The standard InChI is InChI=1S/C15H25N3O2S/c1-12-10-14(16)15(11-13(12)2)21(19,20)17(3)8-9-18-6-4-5-7-18/h10-11H,4-9,16H2,1-3H3. The maximum Gasteiger partial charge on any atom is 0.244 e. The van der Waals surface area contributed by atoms with Crippen molar-refractivity contribution in [1.82, 2.24) is 9.21 Å². The number of likely N-dealkylation sites (tertiary alicyclic amines) is 1. The van der Waals surface area contributed by atoms with Gasteiger partial charge in [0.2, 0.25) is 10.0 Å². The Bertz CT molecular complexity index is 608. The van der Waals surface area contributed by atoms with Crippen LogP contribution in [-0.4, -0.2) is 50.8 Å². The van der Waals surface area contributed by atoms with Crippen LogP contribution in [0.5, 0.6) is 0 Å². The molecule has 0 unspecified atom stereocenters. The summed E-state index contributed by atoms with van der Waals surface area (Å²) in [5, 5.41) is 0. The average molecular weight is 311 g/mol. The largest absolute Gasteiger partial charge is 0.398 e. The maximum absolute atomic E-state index is 12.6. The van der Waals surface area contributed by atoms with Crippen molar-refractivity contribution in [3.05, 3.63) is 23.3 Å². The van der Waals surface area contributed by atoms with Crippen molar-refractivity contribution in [3.63, 3.8) is 0 Å². The van der Waals surface area contributed by atoms with Crippen LogP contribution in [0, 0.1) is 13.8 Å². The molecule has 0 aliphatic carbocycles. The van der Waals surface area contributed by atoms with Crippen LogP contribution in [0.4, 0.5) is 5.69 Å². The number of aryl methyl sites for hydroxylation is 2. The molecule has 6 heteroatoms. The fourth-order valence-electron chi connectivity index (χ4n) is 2.61. The molecule has 0 aromatic heterocycles. The number of benzene rings is 1. The van der Waals surface area contributed by atoms with Crippen LogP contribution < -0.4 is 5.73 Å². The summed E-state index contributed by atoms with van der Waals surface area (Å²) >= 11 is 0. The Hall–Kier alpha value is -1.11. The van der Waals surface area contributed by atoms with Gasteiger partial charge < -0.3 is 10.6 Å². The van der Waals surface area contributed by atoms with E-state index < -0.39 is 10.0 Å². The van der Waals surface area contributed by atoms with Gasteiger partial charge in [0, 0.05) is 20.1 Å². The van der Waals surface area contributed by atoms with Gasteiger partial charge in [-0.2, -0.15) is 4.31 Å². The van der Waals surface area contributed by atoms with Crippen molar-refractivity contribution in [3.8, 4) is 0 Å². The summed E-state index contributed by atoms with van der Waals surface area (Å²) < 4.78 is 26.7. The fourth-order valence-corrected chi connectivity index (χ4v) is 3.95. The number of hydrogen-bond acceptors (Lipinski definition) is 4. The van der Waals surface area contributed by atoms with E-state index in [0.29, 0.717) is 12.2 Å². The number of likely N-dealkylation sites (N-methyl/N-ethyl adjacent to an activating group) is 1. The van der Waals surface area contributed by atoms with Crippen LogP contribution in [0.2, 0.25) is 0 Å². The van der Waals surface area contributed by atoms with E-state index in [1.165, 1.54) is 17.1 Å². The zero-order valence-electron chi connectivity index (χ0n) is 13.1. The quantitative estimate of drug-likeness (QED) is 0.839. The summed E-state index contributed by atoms with van der Waals surface area (Å²) in [5.74, 6) is 0. The van der Waals surface area contributed by atoms with E-state index in [-0.39, 0.29) is 4.90 Å². The summed E-state index contributed by atoms with van der Waals surface area (Å²) in [4.78, 5) is 2.52. The van der Waals surface area contributed by atoms with E-state index in [1.807, 2.05) is 13.8 Å². The highest BCUT2D eigenvalue weighted by atomic mass is 32.2. The van der Waals surface area contributed by atoms with Crippen molar-refractivity contribution in [1.29, 1.82) is 0 Å². The van der Waals surface area contributed by atoms with Crippen LogP contribution in [0.1, 0.15) is 24.0 Å². The van der Waals surface area contributed by atoms with Crippen LogP contribution in [0.15, 0.2) is 17.0 Å². The van der Waals surface area contributed by atoms with E-state index in [0.717, 1.165) is 30.8 Å². The zero-order chi connectivity index (χ0) is 15.6. The first-order valence-corrected chi connectivity index (χ1v) is 8.82. The topological polar surface area (TPSA) is 66.6 Å². The van der Waals surface area contributed by atoms with Crippen molar-refractivity contribution in [2.75, 3.05) is 39.0 Å². The number of nitrogen functional groups attached to an aromatic ring is 1. The van der Waals surface area contributed by atoms with Crippen LogP contribution in [0.25, 0.3) is 0 Å². The lowest BCUT2D eigenvalue weighted by Gasteiger charge is -2.22. The first-order chi connectivity index (χ1) is 9.82. The van der Waals surface area contributed by atoms with Crippen molar-refractivity contribution < 1.29 is 8.42 Å². The second kappa shape index (κ2) is 6.34. The van der Waals surface area contributed by atoms with Gasteiger partial charge in [-0.05, 0) is 63.0 Å². The molecule has 1 heterocycles. The Morgan fingerprint density at radius 2 is 1.76 bits per heavy atom. The summed E-state index contributed by atoms with van der Waals surface area (Å²) in [5.41, 5.74) is 8.19. The summed E-state index contributed by atoms with van der Waals surface area (Å²) in [6.45, 7) is 7.24. The number of sulfonamides is 1. The number of hydrogen-bond donors (Lipinski definition) is 1. The summed E-state index contributed by atoms with van der Waals surface area (Å²) in [6, 6.07) is 3.41. The summed E-state index contributed by atoms with van der Waals surface area (Å²) in [7, 11) is -1.89. The van der Waals surface area contributed by atoms with Gasteiger partial charge in [-0.1, -0.05) is 0 Å². The molecule has 2 rings (SSSR count). The first-order valence-electron chi connectivity index (χ1n) is 7.38. The van der Waals surface area contributed by atoms with Crippen LogP contribution in [-0.2, 0) is 10.0 Å². The Balaban J connectivity index is 2.14. The Labute approximate surface area is 127 Å². The molecule has 1 aromatic carbocycles. The van der Waals surface area contributed by atoms with E-state index in [9.17, 15) is 8.42 Å². The minimum absolute atomic E-state index is 0.217. The van der Waals surface area contributed by atoms with E-state index in [4.69, 9.17) is 5.73 Å². The van der Waals surface area contributed by atoms with Gasteiger partial charge >= 0.3 is 0 Å². The molecule has 21 heavy (non-hydrogen) atoms. The van der Waals surface area contributed by atoms with Gasteiger partial charge in [-0.3, -0.25) is 0 Å². The van der Waals surface area contributed by atoms with Gasteiger partial charge in [-0.25, -0.2) is 8.42 Å². The van der Waals surface area contributed by atoms with Crippen LogP contribution >= 0.6 is 0 Å². The lowest BCUT2D eigenvalue weighted by molar-refractivity contribution is 0.310. The molecule has 0 saturated carbocycles. The van der Waals surface area contributed by atoms with Gasteiger partial charge in [0.25, 0.3) is 0 Å². The van der Waals surface area contributed by atoms with Crippen LogP contribution in [0.3, 0.4) is 0 Å². The zero-order valence-corrected chi connectivity index (χ0v) is 13.9.